The van der Waals surface area contributed by atoms with Gasteiger partial charge in [0, 0.05) is 12.1 Å². The van der Waals surface area contributed by atoms with Crippen LogP contribution in [-0.4, -0.2) is 48.6 Å². The van der Waals surface area contributed by atoms with E-state index in [9.17, 15) is 9.59 Å². The zero-order valence-corrected chi connectivity index (χ0v) is 11.0. The Kier molecular flexibility index (Phi) is 4.58. The number of hydrogen-bond acceptors (Lipinski definition) is 4. The monoisotopic (exact) mass is 254 g/mol. The lowest BCUT2D eigenvalue weighted by molar-refractivity contribution is -0.164. The standard InChI is InChI=1S/C13H22N2O3/c1-2-18-13(17)12(16)15(10-4-3-5-10)11-6-8-14-9-7-11/h10-11,14H,2-9H2,1H3. The minimum Gasteiger partial charge on any atom is -0.459 e. The Bertz CT molecular complexity index is 309. The molecule has 5 nitrogen and oxygen atoms in total. The highest BCUT2D eigenvalue weighted by atomic mass is 16.5. The van der Waals surface area contributed by atoms with Crippen molar-refractivity contribution >= 4 is 11.9 Å². The van der Waals surface area contributed by atoms with Gasteiger partial charge in [-0.15, -0.1) is 0 Å². The highest BCUT2D eigenvalue weighted by Crippen LogP contribution is 2.29. The predicted molar refractivity (Wildman–Crippen MR) is 67.0 cm³/mol. The van der Waals surface area contributed by atoms with E-state index in [1.165, 1.54) is 0 Å². The summed E-state index contributed by atoms with van der Waals surface area (Å²) in [6.07, 6.45) is 5.07. The molecule has 1 amide bonds. The summed E-state index contributed by atoms with van der Waals surface area (Å²) in [4.78, 5) is 25.6. The first-order valence-corrected chi connectivity index (χ1v) is 6.94. The van der Waals surface area contributed by atoms with E-state index in [4.69, 9.17) is 4.74 Å². The highest BCUT2D eigenvalue weighted by molar-refractivity contribution is 6.32. The number of hydrogen-bond donors (Lipinski definition) is 1. The quantitative estimate of drug-likeness (QED) is 0.594. The molecule has 1 heterocycles. The van der Waals surface area contributed by atoms with Crippen molar-refractivity contribution in [1.82, 2.24) is 10.2 Å². The maximum Gasteiger partial charge on any atom is 0.397 e. The second kappa shape index (κ2) is 6.18. The summed E-state index contributed by atoms with van der Waals surface area (Å²) < 4.78 is 4.85. The van der Waals surface area contributed by atoms with Crippen LogP contribution in [0.5, 0.6) is 0 Å². The van der Waals surface area contributed by atoms with E-state index >= 15 is 0 Å². The molecule has 1 saturated heterocycles. The van der Waals surface area contributed by atoms with Gasteiger partial charge in [0.1, 0.15) is 0 Å². The summed E-state index contributed by atoms with van der Waals surface area (Å²) in [5.74, 6) is -1.13. The molecule has 5 heteroatoms. The molecular formula is C13H22N2O3. The van der Waals surface area contributed by atoms with Crippen molar-refractivity contribution in [3.05, 3.63) is 0 Å². The fourth-order valence-corrected chi connectivity index (χ4v) is 2.68. The molecule has 102 valence electrons. The van der Waals surface area contributed by atoms with E-state index in [1.807, 2.05) is 4.90 Å². The molecule has 1 aliphatic heterocycles. The second-order valence-corrected chi connectivity index (χ2v) is 5.00. The lowest BCUT2D eigenvalue weighted by atomic mass is 9.88. The average Bonchev–Trinajstić information content (AvgIpc) is 2.34. The molecule has 2 aliphatic rings. The molecular weight excluding hydrogens is 232 g/mol. The smallest absolute Gasteiger partial charge is 0.397 e. The Morgan fingerprint density at radius 1 is 1.17 bits per heavy atom. The fourth-order valence-electron chi connectivity index (χ4n) is 2.68. The van der Waals surface area contributed by atoms with Crippen molar-refractivity contribution in [3.8, 4) is 0 Å². The van der Waals surface area contributed by atoms with E-state index in [2.05, 4.69) is 5.32 Å². The van der Waals surface area contributed by atoms with Crippen molar-refractivity contribution in [1.29, 1.82) is 0 Å². The van der Waals surface area contributed by atoms with Crippen LogP contribution in [0.3, 0.4) is 0 Å². The van der Waals surface area contributed by atoms with Gasteiger partial charge in [-0.2, -0.15) is 0 Å². The molecule has 0 aromatic carbocycles. The number of nitrogens with zero attached hydrogens (tertiary/aromatic N) is 1. The van der Waals surface area contributed by atoms with Gasteiger partial charge in [-0.05, 0) is 52.1 Å². The molecule has 0 aromatic rings. The van der Waals surface area contributed by atoms with E-state index < -0.39 is 11.9 Å². The van der Waals surface area contributed by atoms with Crippen LogP contribution in [0.25, 0.3) is 0 Å². The number of ether oxygens (including phenoxy) is 1. The highest BCUT2D eigenvalue weighted by Gasteiger charge is 2.38. The van der Waals surface area contributed by atoms with E-state index in [-0.39, 0.29) is 18.7 Å². The largest absolute Gasteiger partial charge is 0.459 e. The number of rotatable bonds is 3. The topological polar surface area (TPSA) is 58.6 Å². The summed E-state index contributed by atoms with van der Waals surface area (Å²) in [5.41, 5.74) is 0. The second-order valence-electron chi connectivity index (χ2n) is 5.00. The van der Waals surface area contributed by atoms with Gasteiger partial charge in [-0.1, -0.05) is 0 Å². The third kappa shape index (κ3) is 2.83. The van der Waals surface area contributed by atoms with Gasteiger partial charge in [0.2, 0.25) is 0 Å². The van der Waals surface area contributed by atoms with Crippen molar-refractivity contribution in [2.45, 2.75) is 51.1 Å². The Balaban J connectivity index is 2.03. The summed E-state index contributed by atoms with van der Waals surface area (Å²) in [6.45, 7) is 3.83. The Morgan fingerprint density at radius 3 is 2.28 bits per heavy atom. The Labute approximate surface area is 108 Å². The average molecular weight is 254 g/mol. The summed E-state index contributed by atoms with van der Waals surface area (Å²) in [6, 6.07) is 0.457. The van der Waals surface area contributed by atoms with Gasteiger partial charge in [0.15, 0.2) is 0 Å². The molecule has 0 aromatic heterocycles. The van der Waals surface area contributed by atoms with Gasteiger partial charge in [-0.3, -0.25) is 4.79 Å². The van der Waals surface area contributed by atoms with E-state index in [1.54, 1.807) is 6.92 Å². The van der Waals surface area contributed by atoms with Crippen LogP contribution in [0.2, 0.25) is 0 Å². The molecule has 0 atom stereocenters. The van der Waals surface area contributed by atoms with Crippen molar-refractivity contribution in [2.24, 2.45) is 0 Å². The Hall–Kier alpha value is -1.10. The van der Waals surface area contributed by atoms with Crippen molar-refractivity contribution < 1.29 is 14.3 Å². The number of nitrogens with one attached hydrogen (secondary N) is 1. The van der Waals surface area contributed by atoms with Gasteiger partial charge in [-0.25, -0.2) is 4.79 Å². The first kappa shape index (κ1) is 13.3. The van der Waals surface area contributed by atoms with Crippen LogP contribution in [0.4, 0.5) is 0 Å². The molecule has 0 radical (unpaired) electrons. The summed E-state index contributed by atoms with van der Waals surface area (Å²) >= 11 is 0. The summed E-state index contributed by atoms with van der Waals surface area (Å²) in [5, 5.41) is 3.28. The maximum absolute atomic E-state index is 12.2. The number of amides is 1. The zero-order chi connectivity index (χ0) is 13.0. The van der Waals surface area contributed by atoms with Gasteiger partial charge in [0.25, 0.3) is 0 Å². The zero-order valence-electron chi connectivity index (χ0n) is 11.0. The minimum atomic E-state index is -0.692. The predicted octanol–water partition coefficient (Wildman–Crippen LogP) is 0.683. The third-order valence-electron chi connectivity index (χ3n) is 3.85. The molecule has 1 N–H and O–H groups in total. The SMILES string of the molecule is CCOC(=O)C(=O)N(C1CCC1)C1CCNCC1. The number of esters is 1. The number of piperidine rings is 1. The first-order chi connectivity index (χ1) is 8.74. The van der Waals surface area contributed by atoms with Crippen LogP contribution in [0.1, 0.15) is 39.0 Å². The number of carbonyl (C=O) groups is 2. The summed E-state index contributed by atoms with van der Waals surface area (Å²) in [7, 11) is 0. The van der Waals surface area contributed by atoms with Crippen LogP contribution in [0.15, 0.2) is 0 Å². The fraction of sp³-hybridized carbons (Fsp3) is 0.846. The normalized spacial score (nSPS) is 21.2. The first-order valence-electron chi connectivity index (χ1n) is 6.94. The molecule has 1 aliphatic carbocycles. The molecule has 2 rings (SSSR count). The molecule has 0 spiro atoms. The Morgan fingerprint density at radius 2 is 1.78 bits per heavy atom. The third-order valence-corrected chi connectivity index (χ3v) is 3.85. The maximum atomic E-state index is 12.2. The molecule has 0 bridgehead atoms. The molecule has 18 heavy (non-hydrogen) atoms. The van der Waals surface area contributed by atoms with Gasteiger partial charge >= 0.3 is 11.9 Å². The van der Waals surface area contributed by atoms with E-state index in [0.717, 1.165) is 45.2 Å². The van der Waals surface area contributed by atoms with Gasteiger partial charge < -0.3 is 15.0 Å². The van der Waals surface area contributed by atoms with Crippen LogP contribution >= 0.6 is 0 Å². The lowest BCUT2D eigenvalue weighted by Gasteiger charge is -2.43. The van der Waals surface area contributed by atoms with Crippen molar-refractivity contribution in [2.75, 3.05) is 19.7 Å². The van der Waals surface area contributed by atoms with Crippen LogP contribution < -0.4 is 5.32 Å². The van der Waals surface area contributed by atoms with E-state index in [0.29, 0.717) is 0 Å². The van der Waals surface area contributed by atoms with Gasteiger partial charge in [0.05, 0.1) is 6.61 Å². The molecule has 2 fully saturated rings. The van der Waals surface area contributed by atoms with Crippen molar-refractivity contribution in [3.63, 3.8) is 0 Å². The van der Waals surface area contributed by atoms with Crippen LogP contribution in [0, 0.1) is 0 Å². The molecule has 0 unspecified atom stereocenters. The van der Waals surface area contributed by atoms with Crippen LogP contribution in [-0.2, 0) is 14.3 Å². The number of carbonyl (C=O) groups excluding carboxylic acids is 2. The molecule has 1 saturated carbocycles. The lowest BCUT2D eigenvalue weighted by Crippen LogP contribution is -2.55. The minimum absolute atomic E-state index is 0.202.